The van der Waals surface area contributed by atoms with E-state index in [1.165, 1.54) is 14.2 Å². The minimum atomic E-state index is -3.76. The molecule has 0 aromatic rings. The zero-order valence-corrected chi connectivity index (χ0v) is 9.93. The van der Waals surface area contributed by atoms with Gasteiger partial charge in [0.2, 0.25) is 0 Å². The van der Waals surface area contributed by atoms with Crippen molar-refractivity contribution in [2.75, 3.05) is 27.4 Å². The first-order chi connectivity index (χ1) is 6.24. The van der Waals surface area contributed by atoms with Crippen molar-refractivity contribution in [3.05, 3.63) is 0 Å². The van der Waals surface area contributed by atoms with Gasteiger partial charge in [-0.1, -0.05) is 0 Å². The van der Waals surface area contributed by atoms with E-state index < -0.39 is 18.1 Å². The van der Waals surface area contributed by atoms with Gasteiger partial charge in [-0.15, -0.1) is 0 Å². The van der Waals surface area contributed by atoms with Gasteiger partial charge in [-0.2, -0.15) is 0 Å². The van der Waals surface area contributed by atoms with E-state index in [0.29, 0.717) is 13.2 Å². The zero-order valence-electron chi connectivity index (χ0n) is 8.36. The molecule has 0 saturated carbocycles. The fourth-order valence-electron chi connectivity index (χ4n) is 0.709. The summed E-state index contributed by atoms with van der Waals surface area (Å²) in [6, 6.07) is 0. The molecular formula is C6H16O6Ti. The molecular weight excluding hydrogens is 216 g/mol. The normalized spacial score (nSPS) is 12.0. The Morgan fingerprint density at radius 1 is 0.846 bits per heavy atom. The van der Waals surface area contributed by atoms with Gasteiger partial charge in [0.05, 0.1) is 0 Å². The maximum atomic E-state index is 5.22. The first-order valence-corrected chi connectivity index (χ1v) is 6.51. The van der Waals surface area contributed by atoms with Crippen LogP contribution in [0.4, 0.5) is 0 Å². The molecule has 0 fully saturated rings. The summed E-state index contributed by atoms with van der Waals surface area (Å²) < 4.78 is 20.1. The second kappa shape index (κ2) is 7.84. The van der Waals surface area contributed by atoms with Crippen LogP contribution < -0.4 is 0 Å². The first kappa shape index (κ1) is 13.5. The fraction of sp³-hybridized carbons (Fsp3) is 1.00. The zero-order chi connectivity index (χ0) is 10.2. The summed E-state index contributed by atoms with van der Waals surface area (Å²) in [6.07, 6.45) is 0. The Hall–Kier alpha value is 0.474. The van der Waals surface area contributed by atoms with Crippen molar-refractivity contribution in [3.63, 3.8) is 0 Å². The molecule has 0 aromatic carbocycles. The van der Waals surface area contributed by atoms with Crippen molar-refractivity contribution in [1.82, 2.24) is 0 Å². The Morgan fingerprint density at radius 3 is 1.46 bits per heavy atom. The van der Waals surface area contributed by atoms with Gasteiger partial charge in [-0.05, 0) is 0 Å². The summed E-state index contributed by atoms with van der Waals surface area (Å²) >= 11 is -3.76. The summed E-state index contributed by atoms with van der Waals surface area (Å²) in [6.45, 7) is 4.42. The molecule has 0 amide bonds. The molecule has 0 radical (unpaired) electrons. The van der Waals surface area contributed by atoms with E-state index in [9.17, 15) is 0 Å². The van der Waals surface area contributed by atoms with Crippen LogP contribution in [0.25, 0.3) is 0 Å². The standard InChI is InChI=1S/2C2H5O.2CH4O2.Ti/c2*1-2-3;2*1-3-2;/h2*2H2,1H3;2*2H,1H3;/q2*-1;;;+4/p-2. The second-order valence-electron chi connectivity index (χ2n) is 1.87. The molecule has 0 atom stereocenters. The third kappa shape index (κ3) is 5.04. The van der Waals surface area contributed by atoms with E-state index in [2.05, 4.69) is 9.78 Å². The van der Waals surface area contributed by atoms with E-state index in [1.807, 2.05) is 0 Å². The number of hydrogen-bond donors (Lipinski definition) is 0. The summed E-state index contributed by atoms with van der Waals surface area (Å²) in [7, 11) is 2.72. The maximum absolute atomic E-state index is 5.22. The molecule has 0 aliphatic heterocycles. The molecule has 0 heterocycles. The summed E-state index contributed by atoms with van der Waals surface area (Å²) in [5.41, 5.74) is 0. The summed E-state index contributed by atoms with van der Waals surface area (Å²) in [4.78, 5) is 8.99. The van der Waals surface area contributed by atoms with Crippen molar-refractivity contribution in [1.29, 1.82) is 0 Å². The van der Waals surface area contributed by atoms with Crippen molar-refractivity contribution in [3.8, 4) is 0 Å². The predicted octanol–water partition coefficient (Wildman–Crippen LogP) is 1.03. The predicted molar refractivity (Wildman–Crippen MR) is 39.4 cm³/mol. The van der Waals surface area contributed by atoms with E-state index in [4.69, 9.17) is 13.6 Å². The van der Waals surface area contributed by atoms with Crippen molar-refractivity contribution >= 4 is 0 Å². The van der Waals surface area contributed by atoms with Crippen LogP contribution in [-0.2, 0) is 41.5 Å². The Bertz CT molecular complexity index is 92.2. The van der Waals surface area contributed by atoms with Crippen molar-refractivity contribution in [2.24, 2.45) is 0 Å². The Kier molecular flexibility index (Phi) is 8.13. The Balaban J connectivity index is 4.19. The van der Waals surface area contributed by atoms with Crippen molar-refractivity contribution in [2.45, 2.75) is 13.8 Å². The van der Waals surface area contributed by atoms with E-state index in [-0.39, 0.29) is 0 Å². The average molecular weight is 232 g/mol. The van der Waals surface area contributed by atoms with Crippen LogP contribution in [-0.4, -0.2) is 27.4 Å². The monoisotopic (exact) mass is 232 g/mol. The van der Waals surface area contributed by atoms with Crippen LogP contribution in [0.1, 0.15) is 13.8 Å². The van der Waals surface area contributed by atoms with Gasteiger partial charge >= 0.3 is 82.8 Å². The number of rotatable bonds is 8. The van der Waals surface area contributed by atoms with Crippen molar-refractivity contribution < 1.29 is 41.5 Å². The first-order valence-electron chi connectivity index (χ1n) is 3.96. The SMILES string of the molecule is CC[O][Ti]([O]CC)([O]OC)[O]OC. The molecule has 13 heavy (non-hydrogen) atoms. The van der Waals surface area contributed by atoms with Gasteiger partial charge in [0.25, 0.3) is 0 Å². The third-order valence-electron chi connectivity index (χ3n) is 1.01. The van der Waals surface area contributed by atoms with E-state index in [1.54, 1.807) is 13.8 Å². The van der Waals surface area contributed by atoms with Gasteiger partial charge in [0.15, 0.2) is 0 Å². The summed E-state index contributed by atoms with van der Waals surface area (Å²) in [5, 5.41) is 0. The molecule has 0 spiro atoms. The third-order valence-corrected chi connectivity index (χ3v) is 4.18. The van der Waals surface area contributed by atoms with E-state index >= 15 is 0 Å². The molecule has 6 nitrogen and oxygen atoms in total. The van der Waals surface area contributed by atoms with Crippen LogP contribution >= 0.6 is 0 Å². The number of hydrogen-bond acceptors (Lipinski definition) is 6. The molecule has 0 rings (SSSR count). The molecule has 0 unspecified atom stereocenters. The van der Waals surface area contributed by atoms with Gasteiger partial charge in [-0.25, -0.2) is 0 Å². The topological polar surface area (TPSA) is 55.4 Å². The fourth-order valence-corrected chi connectivity index (χ4v) is 2.93. The Labute approximate surface area is 83.1 Å². The molecule has 0 aromatic heterocycles. The second-order valence-corrected chi connectivity index (χ2v) is 4.85. The molecule has 80 valence electrons. The molecule has 7 heteroatoms. The van der Waals surface area contributed by atoms with Crippen LogP contribution in [0, 0.1) is 0 Å². The molecule has 0 bridgehead atoms. The Morgan fingerprint density at radius 2 is 1.23 bits per heavy atom. The molecule has 0 aliphatic carbocycles. The van der Waals surface area contributed by atoms with Crippen LogP contribution in [0.15, 0.2) is 0 Å². The molecule has 0 aliphatic rings. The molecule has 0 saturated heterocycles. The van der Waals surface area contributed by atoms with Crippen LogP contribution in [0.3, 0.4) is 0 Å². The summed E-state index contributed by atoms with van der Waals surface area (Å²) in [5.74, 6) is 0. The van der Waals surface area contributed by atoms with Gasteiger partial charge in [-0.3, -0.25) is 0 Å². The van der Waals surface area contributed by atoms with Gasteiger partial charge in [0, 0.05) is 0 Å². The van der Waals surface area contributed by atoms with Crippen LogP contribution in [0.2, 0.25) is 0 Å². The van der Waals surface area contributed by atoms with Gasteiger partial charge in [0.1, 0.15) is 0 Å². The minimum absolute atomic E-state index is 0.409. The molecule has 0 N–H and O–H groups in total. The van der Waals surface area contributed by atoms with E-state index in [0.717, 1.165) is 0 Å². The van der Waals surface area contributed by atoms with Crippen LogP contribution in [0.5, 0.6) is 0 Å². The quantitative estimate of drug-likeness (QED) is 0.354. The van der Waals surface area contributed by atoms with Gasteiger partial charge < -0.3 is 0 Å². The average Bonchev–Trinajstić information content (AvgIpc) is 2.06.